The smallest absolute Gasteiger partial charge is 0.337 e. The maximum absolute atomic E-state index is 11.4. The fourth-order valence-corrected chi connectivity index (χ4v) is 3.02. The Balaban J connectivity index is 2.81. The molecule has 0 saturated carbocycles. The lowest BCUT2D eigenvalue weighted by Gasteiger charge is -2.25. The highest BCUT2D eigenvalue weighted by Crippen LogP contribution is 2.32. The van der Waals surface area contributed by atoms with E-state index in [4.69, 9.17) is 0 Å². The van der Waals surface area contributed by atoms with Crippen LogP contribution in [0.2, 0.25) is 0 Å². The lowest BCUT2D eigenvalue weighted by Crippen LogP contribution is -2.17. The molecule has 0 saturated heterocycles. The Morgan fingerprint density at radius 1 is 1.29 bits per heavy atom. The first-order chi connectivity index (χ1) is 9.88. The average molecular weight is 288 g/mol. The first kappa shape index (κ1) is 15.5. The third kappa shape index (κ3) is 2.67. The number of fused-ring (bicyclic) bond motifs is 1. The largest absolute Gasteiger partial charge is 0.478 e. The van der Waals surface area contributed by atoms with Crippen molar-refractivity contribution in [2.45, 2.75) is 53.0 Å². The molecule has 0 spiro atoms. The number of benzene rings is 1. The third-order valence-electron chi connectivity index (χ3n) is 4.01. The number of carboxylic acids is 1. The van der Waals surface area contributed by atoms with Gasteiger partial charge in [0.05, 0.1) is 11.1 Å². The van der Waals surface area contributed by atoms with Crippen molar-refractivity contribution in [3.05, 3.63) is 29.6 Å². The first-order valence-corrected chi connectivity index (χ1v) is 7.62. The minimum atomic E-state index is -0.918. The van der Waals surface area contributed by atoms with Crippen molar-refractivity contribution >= 4 is 17.0 Å². The maximum atomic E-state index is 11.4. The number of rotatable bonds is 5. The summed E-state index contributed by atoms with van der Waals surface area (Å²) in [4.78, 5) is 16.1. The summed E-state index contributed by atoms with van der Waals surface area (Å²) < 4.78 is 2.25. The fraction of sp³-hybridized carbons (Fsp3) is 0.529. The average Bonchev–Trinajstić information content (AvgIpc) is 2.78. The molecule has 114 valence electrons. The van der Waals surface area contributed by atoms with Crippen LogP contribution in [0.25, 0.3) is 11.0 Å². The SMILES string of the molecule is CCC(C(C)C)n1c(C(C)C)nc2c(C(=O)O)cccc21. The van der Waals surface area contributed by atoms with Crippen LogP contribution in [0.5, 0.6) is 0 Å². The van der Waals surface area contributed by atoms with Gasteiger partial charge in [-0.2, -0.15) is 0 Å². The van der Waals surface area contributed by atoms with Crippen molar-refractivity contribution in [1.29, 1.82) is 0 Å². The summed E-state index contributed by atoms with van der Waals surface area (Å²) in [5.74, 6) is 0.780. The van der Waals surface area contributed by atoms with E-state index in [1.54, 1.807) is 12.1 Å². The van der Waals surface area contributed by atoms with E-state index >= 15 is 0 Å². The molecule has 1 heterocycles. The van der Waals surface area contributed by atoms with E-state index in [1.165, 1.54) is 0 Å². The van der Waals surface area contributed by atoms with E-state index in [9.17, 15) is 9.90 Å². The van der Waals surface area contributed by atoms with Crippen molar-refractivity contribution in [2.75, 3.05) is 0 Å². The van der Waals surface area contributed by atoms with Gasteiger partial charge in [-0.05, 0) is 24.5 Å². The predicted molar refractivity (Wildman–Crippen MR) is 84.9 cm³/mol. The van der Waals surface area contributed by atoms with Crippen molar-refractivity contribution in [2.24, 2.45) is 5.92 Å². The van der Waals surface area contributed by atoms with Gasteiger partial charge in [-0.15, -0.1) is 0 Å². The van der Waals surface area contributed by atoms with Crippen LogP contribution in [0.1, 0.15) is 69.2 Å². The van der Waals surface area contributed by atoms with Gasteiger partial charge in [0.15, 0.2) is 0 Å². The molecule has 0 bridgehead atoms. The molecule has 0 aliphatic carbocycles. The second-order valence-corrected chi connectivity index (χ2v) is 6.19. The summed E-state index contributed by atoms with van der Waals surface area (Å²) in [5.41, 5.74) is 1.82. The van der Waals surface area contributed by atoms with Crippen LogP contribution in [-0.4, -0.2) is 20.6 Å². The normalized spacial score (nSPS) is 13.3. The van der Waals surface area contributed by atoms with Crippen LogP contribution < -0.4 is 0 Å². The van der Waals surface area contributed by atoms with E-state index in [1.807, 2.05) is 6.07 Å². The highest BCUT2D eigenvalue weighted by Gasteiger charge is 2.24. The second kappa shape index (κ2) is 5.88. The standard InChI is InChI=1S/C17H24N2O2/c1-6-13(10(2)3)19-14-9-7-8-12(17(20)21)15(14)18-16(19)11(4)5/h7-11,13H,6H2,1-5H3,(H,20,21). The van der Waals surface area contributed by atoms with Crippen LogP contribution in [0, 0.1) is 5.92 Å². The Labute approximate surface area is 125 Å². The van der Waals surface area contributed by atoms with Gasteiger partial charge in [0.1, 0.15) is 11.3 Å². The number of para-hydroxylation sites is 1. The predicted octanol–water partition coefficient (Wildman–Crippen LogP) is 4.47. The van der Waals surface area contributed by atoms with Gasteiger partial charge in [0.2, 0.25) is 0 Å². The molecule has 1 aromatic carbocycles. The molecule has 2 rings (SSSR count). The number of imidazole rings is 1. The summed E-state index contributed by atoms with van der Waals surface area (Å²) in [5, 5.41) is 9.38. The Hall–Kier alpha value is -1.84. The highest BCUT2D eigenvalue weighted by atomic mass is 16.4. The van der Waals surface area contributed by atoms with E-state index in [0.29, 0.717) is 17.5 Å². The van der Waals surface area contributed by atoms with Crippen molar-refractivity contribution in [1.82, 2.24) is 9.55 Å². The van der Waals surface area contributed by atoms with Gasteiger partial charge in [-0.1, -0.05) is 40.7 Å². The van der Waals surface area contributed by atoms with E-state index < -0.39 is 5.97 Å². The van der Waals surface area contributed by atoms with E-state index in [2.05, 4.69) is 44.2 Å². The molecule has 0 radical (unpaired) electrons. The monoisotopic (exact) mass is 288 g/mol. The molecule has 21 heavy (non-hydrogen) atoms. The molecular formula is C17H24N2O2. The number of aromatic carboxylic acids is 1. The van der Waals surface area contributed by atoms with Crippen LogP contribution in [0.4, 0.5) is 0 Å². The lowest BCUT2D eigenvalue weighted by molar-refractivity contribution is 0.0699. The zero-order valence-corrected chi connectivity index (χ0v) is 13.4. The molecule has 1 unspecified atom stereocenters. The Morgan fingerprint density at radius 3 is 2.43 bits per heavy atom. The molecule has 0 aliphatic heterocycles. The summed E-state index contributed by atoms with van der Waals surface area (Å²) in [7, 11) is 0. The number of aromatic nitrogens is 2. The van der Waals surface area contributed by atoms with Gasteiger partial charge in [-0.3, -0.25) is 0 Å². The van der Waals surface area contributed by atoms with Gasteiger partial charge in [-0.25, -0.2) is 9.78 Å². The molecule has 4 heteroatoms. The molecule has 2 aromatic rings. The van der Waals surface area contributed by atoms with Crippen LogP contribution in [0.15, 0.2) is 18.2 Å². The lowest BCUT2D eigenvalue weighted by atomic mass is 10.00. The van der Waals surface area contributed by atoms with Gasteiger partial charge in [0.25, 0.3) is 0 Å². The summed E-state index contributed by atoms with van der Waals surface area (Å²) in [6.45, 7) is 10.8. The topological polar surface area (TPSA) is 55.1 Å². The molecule has 1 atom stereocenters. The fourth-order valence-electron chi connectivity index (χ4n) is 3.02. The minimum absolute atomic E-state index is 0.256. The Bertz CT molecular complexity index is 656. The molecule has 0 amide bonds. The summed E-state index contributed by atoms with van der Waals surface area (Å²) >= 11 is 0. The number of nitrogens with zero attached hydrogens (tertiary/aromatic N) is 2. The van der Waals surface area contributed by atoms with Crippen molar-refractivity contribution in [3.8, 4) is 0 Å². The molecule has 0 fully saturated rings. The summed E-state index contributed by atoms with van der Waals surface area (Å²) in [6, 6.07) is 5.74. The number of hydrogen-bond acceptors (Lipinski definition) is 2. The molecule has 1 N–H and O–H groups in total. The zero-order valence-electron chi connectivity index (χ0n) is 13.4. The minimum Gasteiger partial charge on any atom is -0.478 e. The highest BCUT2D eigenvalue weighted by molar-refractivity contribution is 6.01. The number of hydrogen-bond donors (Lipinski definition) is 1. The van der Waals surface area contributed by atoms with Crippen LogP contribution >= 0.6 is 0 Å². The van der Waals surface area contributed by atoms with Crippen molar-refractivity contribution in [3.63, 3.8) is 0 Å². The van der Waals surface area contributed by atoms with Gasteiger partial charge in [0, 0.05) is 12.0 Å². The Morgan fingerprint density at radius 2 is 1.95 bits per heavy atom. The van der Waals surface area contributed by atoms with Gasteiger partial charge >= 0.3 is 5.97 Å². The first-order valence-electron chi connectivity index (χ1n) is 7.62. The van der Waals surface area contributed by atoms with E-state index in [0.717, 1.165) is 17.8 Å². The molecular weight excluding hydrogens is 264 g/mol. The van der Waals surface area contributed by atoms with Crippen molar-refractivity contribution < 1.29 is 9.90 Å². The number of carboxylic acid groups (broad SMARTS) is 1. The second-order valence-electron chi connectivity index (χ2n) is 6.19. The van der Waals surface area contributed by atoms with Crippen LogP contribution in [-0.2, 0) is 0 Å². The van der Waals surface area contributed by atoms with Gasteiger partial charge < -0.3 is 9.67 Å². The zero-order chi connectivity index (χ0) is 15.7. The summed E-state index contributed by atoms with van der Waals surface area (Å²) in [6.07, 6.45) is 1.00. The molecule has 1 aromatic heterocycles. The van der Waals surface area contributed by atoms with Crippen LogP contribution in [0.3, 0.4) is 0 Å². The quantitative estimate of drug-likeness (QED) is 0.883. The molecule has 0 aliphatic rings. The maximum Gasteiger partial charge on any atom is 0.337 e. The Kier molecular flexibility index (Phi) is 4.35. The third-order valence-corrected chi connectivity index (χ3v) is 4.01. The number of carbonyl (C=O) groups is 1. The van der Waals surface area contributed by atoms with E-state index in [-0.39, 0.29) is 11.5 Å². The molecule has 4 nitrogen and oxygen atoms in total.